The summed E-state index contributed by atoms with van der Waals surface area (Å²) in [6, 6.07) is 18.8. The van der Waals surface area contributed by atoms with Gasteiger partial charge in [-0.15, -0.1) is 0 Å². The minimum atomic E-state index is -0.0670. The van der Waals surface area contributed by atoms with Crippen molar-refractivity contribution < 1.29 is 4.74 Å². The average Bonchev–Trinajstić information content (AvgIpc) is 3.57. The van der Waals surface area contributed by atoms with Gasteiger partial charge in [0.15, 0.2) is 0 Å². The third-order valence-corrected chi connectivity index (χ3v) is 5.98. The molecule has 2 aliphatic rings. The molecular weight excluding hydrogens is 362 g/mol. The Kier molecular flexibility index (Phi) is 4.68. The van der Waals surface area contributed by atoms with E-state index in [-0.39, 0.29) is 5.56 Å². The number of likely N-dealkylation sites (tertiary alicyclic amines) is 1. The number of hydrogen-bond acceptors (Lipinski definition) is 4. The van der Waals surface area contributed by atoms with Crippen LogP contribution in [0.25, 0.3) is 11.4 Å². The van der Waals surface area contributed by atoms with Crippen molar-refractivity contribution in [3.63, 3.8) is 0 Å². The molecule has 1 aliphatic carbocycles. The summed E-state index contributed by atoms with van der Waals surface area (Å²) in [5.74, 6) is 2.05. The molecule has 0 bridgehead atoms. The van der Waals surface area contributed by atoms with Gasteiger partial charge in [0.1, 0.15) is 11.6 Å². The van der Waals surface area contributed by atoms with Gasteiger partial charge in [0.2, 0.25) is 0 Å². The number of benzene rings is 2. The molecule has 0 unspecified atom stereocenters. The summed E-state index contributed by atoms with van der Waals surface area (Å²) in [6.45, 7) is 2.01. The third kappa shape index (κ3) is 3.83. The molecule has 2 fully saturated rings. The second kappa shape index (κ2) is 7.48. The Labute approximate surface area is 170 Å². The molecule has 1 N–H and O–H groups in total. The van der Waals surface area contributed by atoms with Crippen LogP contribution in [0.1, 0.15) is 48.0 Å². The summed E-state index contributed by atoms with van der Waals surface area (Å²) in [5.41, 5.74) is 4.39. The van der Waals surface area contributed by atoms with E-state index in [2.05, 4.69) is 57.3 Å². The van der Waals surface area contributed by atoms with Gasteiger partial charge in [0.25, 0.3) is 5.56 Å². The first-order chi connectivity index (χ1) is 14.2. The topological polar surface area (TPSA) is 58.2 Å². The molecule has 1 saturated heterocycles. The van der Waals surface area contributed by atoms with Crippen molar-refractivity contribution in [1.29, 1.82) is 0 Å². The van der Waals surface area contributed by atoms with Gasteiger partial charge in [-0.05, 0) is 42.5 Å². The van der Waals surface area contributed by atoms with E-state index in [1.165, 1.54) is 17.5 Å². The molecule has 5 rings (SSSR count). The summed E-state index contributed by atoms with van der Waals surface area (Å²) < 4.78 is 5.37. The Bertz CT molecular complexity index is 1070. The number of aromatic nitrogens is 2. The highest BCUT2D eigenvalue weighted by atomic mass is 16.5. The Morgan fingerprint density at radius 2 is 1.93 bits per heavy atom. The van der Waals surface area contributed by atoms with Crippen molar-refractivity contribution >= 4 is 0 Å². The molecule has 2 heterocycles. The van der Waals surface area contributed by atoms with Crippen molar-refractivity contribution in [2.75, 3.05) is 13.7 Å². The lowest BCUT2D eigenvalue weighted by molar-refractivity contribution is 0.0817. The molecule has 0 spiro atoms. The Morgan fingerprint density at radius 3 is 2.62 bits per heavy atom. The van der Waals surface area contributed by atoms with Gasteiger partial charge >= 0.3 is 0 Å². The number of ether oxygens (including phenoxy) is 1. The number of nitrogens with zero attached hydrogens (tertiary/aromatic N) is 2. The van der Waals surface area contributed by atoms with E-state index in [1.807, 2.05) is 6.07 Å². The Balaban J connectivity index is 1.30. The molecule has 1 aromatic heterocycles. The van der Waals surface area contributed by atoms with Crippen LogP contribution >= 0.6 is 0 Å². The fourth-order valence-corrected chi connectivity index (χ4v) is 4.06. The first kappa shape index (κ1) is 18.1. The summed E-state index contributed by atoms with van der Waals surface area (Å²) >= 11 is 0. The number of aromatic amines is 1. The molecule has 3 aromatic rings. The first-order valence-corrected chi connectivity index (χ1v) is 10.3. The highest BCUT2D eigenvalue weighted by Gasteiger charge is 2.29. The predicted octanol–water partition coefficient (Wildman–Crippen LogP) is 4.27. The van der Waals surface area contributed by atoms with E-state index >= 15 is 0 Å². The van der Waals surface area contributed by atoms with E-state index in [4.69, 9.17) is 4.74 Å². The largest absolute Gasteiger partial charge is 0.497 e. The van der Waals surface area contributed by atoms with Crippen molar-refractivity contribution in [3.8, 4) is 17.1 Å². The van der Waals surface area contributed by atoms with Crippen molar-refractivity contribution in [2.24, 2.45) is 0 Å². The van der Waals surface area contributed by atoms with E-state index in [9.17, 15) is 4.79 Å². The minimum absolute atomic E-state index is 0.0670. The monoisotopic (exact) mass is 387 g/mol. The molecule has 5 nitrogen and oxygen atoms in total. The normalized spacial score (nSPS) is 19.0. The van der Waals surface area contributed by atoms with Crippen LogP contribution in [0.3, 0.4) is 0 Å². The maximum absolute atomic E-state index is 12.0. The fraction of sp³-hybridized carbons (Fsp3) is 0.333. The van der Waals surface area contributed by atoms with E-state index in [1.54, 1.807) is 13.2 Å². The lowest BCUT2D eigenvalue weighted by atomic mass is 9.93. The van der Waals surface area contributed by atoms with Gasteiger partial charge in [-0.25, -0.2) is 4.98 Å². The highest BCUT2D eigenvalue weighted by molar-refractivity contribution is 5.55. The molecule has 2 aromatic carbocycles. The van der Waals surface area contributed by atoms with Crippen LogP contribution in [0.4, 0.5) is 0 Å². The zero-order chi connectivity index (χ0) is 19.8. The van der Waals surface area contributed by atoms with E-state index in [0.29, 0.717) is 17.8 Å². The minimum Gasteiger partial charge on any atom is -0.497 e. The smallest absolute Gasteiger partial charge is 0.251 e. The van der Waals surface area contributed by atoms with Crippen LogP contribution in [0, 0.1) is 0 Å². The van der Waals surface area contributed by atoms with Crippen LogP contribution in [0.5, 0.6) is 5.75 Å². The molecule has 29 heavy (non-hydrogen) atoms. The number of methoxy groups -OCH3 is 1. The summed E-state index contributed by atoms with van der Waals surface area (Å²) in [4.78, 5) is 22.0. The molecule has 0 amide bonds. The number of H-pyrrole nitrogens is 1. The number of nitrogens with one attached hydrogen (secondary N) is 1. The maximum Gasteiger partial charge on any atom is 0.251 e. The zero-order valence-corrected chi connectivity index (χ0v) is 16.6. The Morgan fingerprint density at radius 1 is 1.10 bits per heavy atom. The Hall–Kier alpha value is -2.92. The van der Waals surface area contributed by atoms with Crippen LogP contribution in [0.15, 0.2) is 59.4 Å². The van der Waals surface area contributed by atoms with Gasteiger partial charge in [0, 0.05) is 36.7 Å². The second-order valence-corrected chi connectivity index (χ2v) is 8.04. The molecule has 5 heteroatoms. The summed E-state index contributed by atoms with van der Waals surface area (Å²) in [7, 11) is 1.71. The molecule has 1 aliphatic heterocycles. The standard InChI is InChI=1S/C24H25N3O2/c1-29-20-4-2-3-19(13-20)22-11-12-27(22)15-16-5-7-18(8-6-16)24-25-21(17-9-10-17)14-23(28)26-24/h2-8,13-14,17,22H,9-12,15H2,1H3,(H,25,26,28)/t22-/m1/s1. The quantitative estimate of drug-likeness (QED) is 0.686. The van der Waals surface area contributed by atoms with Crippen molar-refractivity contribution in [2.45, 2.75) is 37.8 Å². The average molecular weight is 387 g/mol. The summed E-state index contributed by atoms with van der Waals surface area (Å²) in [6.07, 6.45) is 3.45. The van der Waals surface area contributed by atoms with Crippen molar-refractivity contribution in [1.82, 2.24) is 14.9 Å². The van der Waals surface area contributed by atoms with Crippen LogP contribution in [-0.2, 0) is 6.54 Å². The third-order valence-electron chi connectivity index (χ3n) is 5.98. The zero-order valence-electron chi connectivity index (χ0n) is 16.6. The lowest BCUT2D eigenvalue weighted by Gasteiger charge is -2.41. The van der Waals surface area contributed by atoms with Gasteiger partial charge in [-0.3, -0.25) is 9.69 Å². The predicted molar refractivity (Wildman–Crippen MR) is 113 cm³/mol. The van der Waals surface area contributed by atoms with Gasteiger partial charge in [-0.1, -0.05) is 36.4 Å². The molecule has 1 atom stereocenters. The van der Waals surface area contributed by atoms with E-state index in [0.717, 1.165) is 42.9 Å². The van der Waals surface area contributed by atoms with Crippen LogP contribution < -0.4 is 10.3 Å². The molecule has 0 radical (unpaired) electrons. The highest BCUT2D eigenvalue weighted by Crippen LogP contribution is 2.39. The number of hydrogen-bond donors (Lipinski definition) is 1. The fourth-order valence-electron chi connectivity index (χ4n) is 4.06. The van der Waals surface area contributed by atoms with Crippen molar-refractivity contribution in [3.05, 3.63) is 81.8 Å². The first-order valence-electron chi connectivity index (χ1n) is 10.3. The molecule has 148 valence electrons. The number of rotatable bonds is 6. The van der Waals surface area contributed by atoms with E-state index < -0.39 is 0 Å². The maximum atomic E-state index is 12.0. The summed E-state index contributed by atoms with van der Waals surface area (Å²) in [5, 5.41) is 0. The SMILES string of the molecule is COc1cccc([C@H]2CCN2Cc2ccc(-c3nc(C4CC4)cc(=O)[nH]3)cc2)c1. The van der Waals surface area contributed by atoms with Crippen LogP contribution in [-0.4, -0.2) is 28.5 Å². The second-order valence-electron chi connectivity index (χ2n) is 8.04. The van der Waals surface area contributed by atoms with Crippen LogP contribution in [0.2, 0.25) is 0 Å². The van der Waals surface area contributed by atoms with Gasteiger partial charge in [-0.2, -0.15) is 0 Å². The lowest BCUT2D eigenvalue weighted by Crippen LogP contribution is -2.40. The molecular formula is C24H25N3O2. The van der Waals surface area contributed by atoms with Gasteiger partial charge < -0.3 is 9.72 Å². The van der Waals surface area contributed by atoms with Gasteiger partial charge in [0.05, 0.1) is 12.8 Å². The molecule has 1 saturated carbocycles.